The lowest BCUT2D eigenvalue weighted by Crippen LogP contribution is -2.50. The zero-order valence-corrected chi connectivity index (χ0v) is 34.8. The molecule has 8 N–H and O–H groups in total. The molecule has 1 aromatic carbocycles. The third-order valence-corrected chi connectivity index (χ3v) is 14.9. The molecule has 8 unspecified atom stereocenters. The molecule has 2 aromatic heterocycles. The van der Waals surface area contributed by atoms with Gasteiger partial charge in [0.1, 0.15) is 5.75 Å². The van der Waals surface area contributed by atoms with Gasteiger partial charge in [0, 0.05) is 47.8 Å². The highest BCUT2D eigenvalue weighted by Gasteiger charge is 2.61. The molecule has 6 rings (SSSR count). The number of thiophene rings is 2. The van der Waals surface area contributed by atoms with Crippen molar-refractivity contribution in [1.82, 2.24) is 5.32 Å². The first-order valence-electron chi connectivity index (χ1n) is 20.2. The molecular formula is C45H58N4O5S2. The molecular weight excluding hydrogens is 741 g/mol. The lowest BCUT2D eigenvalue weighted by Gasteiger charge is -2.47. The Morgan fingerprint density at radius 1 is 1.12 bits per heavy atom. The number of nitrogens with zero attached hydrogens (tertiary/aromatic N) is 1. The fourth-order valence-electron chi connectivity index (χ4n) is 10.1. The third-order valence-electron chi connectivity index (χ3n) is 12.6. The number of ketones is 1. The predicted molar refractivity (Wildman–Crippen MR) is 228 cm³/mol. The van der Waals surface area contributed by atoms with Crippen LogP contribution in [0.15, 0.2) is 41.4 Å². The number of aromatic hydroxyl groups is 1. The van der Waals surface area contributed by atoms with Crippen LogP contribution in [0.25, 0.3) is 9.75 Å². The minimum absolute atomic E-state index is 0.0808. The van der Waals surface area contributed by atoms with E-state index >= 15 is 4.79 Å². The van der Waals surface area contributed by atoms with Crippen molar-refractivity contribution in [3.63, 3.8) is 0 Å². The van der Waals surface area contributed by atoms with Crippen LogP contribution in [0.3, 0.4) is 0 Å². The highest BCUT2D eigenvalue weighted by Crippen LogP contribution is 2.66. The maximum Gasteiger partial charge on any atom is 0.188 e. The number of aliphatic imine (C=N–C) groups is 1. The van der Waals surface area contributed by atoms with Crippen LogP contribution in [0.4, 0.5) is 5.69 Å². The second kappa shape index (κ2) is 18.2. The van der Waals surface area contributed by atoms with Crippen molar-refractivity contribution in [2.24, 2.45) is 39.3 Å². The van der Waals surface area contributed by atoms with E-state index < -0.39 is 23.0 Å². The number of anilines is 1. The van der Waals surface area contributed by atoms with E-state index in [9.17, 15) is 20.4 Å². The largest absolute Gasteiger partial charge is 0.508 e. The van der Waals surface area contributed by atoms with Gasteiger partial charge in [0.25, 0.3) is 0 Å². The van der Waals surface area contributed by atoms with Crippen molar-refractivity contribution in [2.45, 2.75) is 110 Å². The first kappa shape index (κ1) is 41.8. The summed E-state index contributed by atoms with van der Waals surface area (Å²) in [6, 6.07) is 11.4. The summed E-state index contributed by atoms with van der Waals surface area (Å²) >= 11 is 3.18. The van der Waals surface area contributed by atoms with Crippen molar-refractivity contribution in [3.05, 3.63) is 57.3 Å². The molecule has 0 radical (unpaired) electrons. The summed E-state index contributed by atoms with van der Waals surface area (Å²) in [5.74, 6) is 13.3. The molecule has 3 bridgehead atoms. The number of carbonyl (C=O) groups is 1. The third kappa shape index (κ3) is 8.98. The smallest absolute Gasteiger partial charge is 0.188 e. The van der Waals surface area contributed by atoms with E-state index in [1.54, 1.807) is 48.8 Å². The van der Waals surface area contributed by atoms with Crippen LogP contribution in [0.2, 0.25) is 0 Å². The minimum atomic E-state index is -0.948. The molecule has 2 saturated carbocycles. The van der Waals surface area contributed by atoms with Gasteiger partial charge in [0.2, 0.25) is 0 Å². The highest BCUT2D eigenvalue weighted by atomic mass is 32.1. The van der Waals surface area contributed by atoms with Crippen molar-refractivity contribution in [3.8, 4) is 39.2 Å². The quantitative estimate of drug-likeness (QED) is 0.0316. The van der Waals surface area contributed by atoms with Gasteiger partial charge in [0.15, 0.2) is 11.7 Å². The van der Waals surface area contributed by atoms with Crippen LogP contribution >= 0.6 is 22.7 Å². The summed E-state index contributed by atoms with van der Waals surface area (Å²) in [5.41, 5.74) is 7.79. The zero-order chi connectivity index (χ0) is 40.0. The van der Waals surface area contributed by atoms with Gasteiger partial charge in [-0.1, -0.05) is 43.9 Å². The summed E-state index contributed by atoms with van der Waals surface area (Å²) < 4.78 is 0. The number of fused-ring (bicyclic) bond motifs is 3. The fourth-order valence-corrected chi connectivity index (χ4v) is 12.1. The minimum Gasteiger partial charge on any atom is -0.508 e. The highest BCUT2D eigenvalue weighted by molar-refractivity contribution is 7.23. The summed E-state index contributed by atoms with van der Waals surface area (Å²) in [6.07, 6.45) is 6.87. The number of guanidine groups is 1. The van der Waals surface area contributed by atoms with Crippen LogP contribution in [0.1, 0.15) is 111 Å². The van der Waals surface area contributed by atoms with E-state index in [1.807, 2.05) is 19.1 Å². The zero-order valence-electron chi connectivity index (χ0n) is 33.2. The lowest BCUT2D eigenvalue weighted by molar-refractivity contribution is -0.00541. The number of nitrogens with one attached hydrogen (secondary N) is 2. The number of nitrogens with two attached hydrogens (primary N) is 1. The first-order chi connectivity index (χ1) is 26.9. The monoisotopic (exact) mass is 798 g/mol. The van der Waals surface area contributed by atoms with E-state index in [2.05, 4.69) is 58.4 Å². The Morgan fingerprint density at radius 2 is 1.91 bits per heavy atom. The molecule has 0 saturated heterocycles. The van der Waals surface area contributed by atoms with Gasteiger partial charge in [-0.05, 0) is 117 Å². The van der Waals surface area contributed by atoms with E-state index in [0.717, 1.165) is 75.6 Å². The molecule has 8 atom stereocenters. The number of phenols is 1. The summed E-state index contributed by atoms with van der Waals surface area (Å²) in [7, 11) is 1.66. The molecule has 1 spiro atoms. The number of aliphatic hydroxyl groups is 3. The second-order valence-corrected chi connectivity index (χ2v) is 18.5. The Bertz CT molecular complexity index is 2020. The fraction of sp³-hybridized carbons (Fsp3) is 0.556. The molecule has 3 aliphatic rings. The number of unbranched alkanes of at least 4 members (excludes halogenated alkanes) is 2. The standard InChI is InChI=1S/C45H58N4O5S2/c1-5-7-8-18-44-19-9-11-33-30(20-31(52)22-37(33)48-25-28(3)51)21-36(49-43(46)47-4)29-12-14-34(45(23-29,27-44)24-35(44)38(53)26-50)42(54)41-17-16-40(56-41)39-15-13-32(55-39)10-6-2/h13,15-17,20,22,28-29,34-36,38,48,50-53H,5,7-8,12,14,18-19,21,23-27H2,1-4H3,(H3,46,47,49). The van der Waals surface area contributed by atoms with E-state index in [0.29, 0.717) is 37.3 Å². The van der Waals surface area contributed by atoms with Gasteiger partial charge in [0.05, 0.1) is 39.8 Å². The van der Waals surface area contributed by atoms with Crippen LogP contribution in [-0.4, -0.2) is 70.6 Å². The van der Waals surface area contributed by atoms with Crippen molar-refractivity contribution in [1.29, 1.82) is 0 Å². The van der Waals surface area contributed by atoms with E-state index in [4.69, 9.17) is 5.73 Å². The number of Topliss-reactive ketones (excluding diaryl/α,β-unsaturated/α-hetero) is 1. The van der Waals surface area contributed by atoms with Gasteiger partial charge in [-0.15, -0.1) is 28.6 Å². The molecule has 3 aromatic rings. The number of aliphatic hydroxyl groups excluding tert-OH is 3. The maximum atomic E-state index is 15.0. The molecule has 2 heterocycles. The first-order valence-corrected chi connectivity index (χ1v) is 21.8. The lowest BCUT2D eigenvalue weighted by atomic mass is 9.57. The normalized spacial score (nSPS) is 26.9. The van der Waals surface area contributed by atoms with Crippen molar-refractivity contribution in [2.75, 3.05) is 25.5 Å². The summed E-state index contributed by atoms with van der Waals surface area (Å²) in [4.78, 5) is 23.2. The Hall–Kier alpha value is -3.84. The number of phenolic OH excluding ortho intramolecular Hbond substituents is 1. The van der Waals surface area contributed by atoms with Crippen LogP contribution in [0, 0.1) is 52.3 Å². The van der Waals surface area contributed by atoms with Gasteiger partial charge in [-0.2, -0.15) is 0 Å². The van der Waals surface area contributed by atoms with E-state index in [-0.39, 0.29) is 48.5 Å². The molecule has 9 nitrogen and oxygen atoms in total. The molecule has 11 heteroatoms. The molecule has 0 aliphatic heterocycles. The topological polar surface area (TPSA) is 160 Å². The second-order valence-electron chi connectivity index (χ2n) is 16.4. The SMILES string of the molecule is CC#Cc1ccc(-c2ccc(C(=O)C3CCC4CC35CC(C(O)CO)C(CCCCC)(CC#Cc3c(cc(O)cc3NCC(C)O)CC4NC(N)=NC)C5)s2)s1. The van der Waals surface area contributed by atoms with Gasteiger partial charge in [-0.3, -0.25) is 9.79 Å². The van der Waals surface area contributed by atoms with Crippen molar-refractivity contribution < 1.29 is 25.2 Å². The Morgan fingerprint density at radius 3 is 2.64 bits per heavy atom. The molecule has 300 valence electrons. The van der Waals surface area contributed by atoms with Crippen LogP contribution in [0.5, 0.6) is 5.75 Å². The van der Waals surface area contributed by atoms with Gasteiger partial charge >= 0.3 is 0 Å². The predicted octanol–water partition coefficient (Wildman–Crippen LogP) is 7.16. The number of carbonyl (C=O) groups excluding carboxylic acids is 1. The number of rotatable bonds is 13. The number of hydrogen-bond acceptors (Lipinski definition) is 9. The molecule has 2 fully saturated rings. The van der Waals surface area contributed by atoms with Crippen LogP contribution in [-0.2, 0) is 6.42 Å². The van der Waals surface area contributed by atoms with Crippen molar-refractivity contribution >= 4 is 40.1 Å². The summed E-state index contributed by atoms with van der Waals surface area (Å²) in [6.45, 7) is 5.66. The van der Waals surface area contributed by atoms with Crippen LogP contribution < -0.4 is 16.4 Å². The average Bonchev–Trinajstić information content (AvgIpc) is 3.93. The average molecular weight is 799 g/mol. The Labute approximate surface area is 340 Å². The molecule has 56 heavy (non-hydrogen) atoms. The Kier molecular flexibility index (Phi) is 13.6. The van der Waals surface area contributed by atoms with E-state index in [1.165, 1.54) is 0 Å². The molecule has 0 amide bonds. The molecule has 3 aliphatic carbocycles. The van der Waals surface area contributed by atoms with Gasteiger partial charge < -0.3 is 36.8 Å². The van der Waals surface area contributed by atoms with Gasteiger partial charge in [-0.25, -0.2) is 0 Å². The summed E-state index contributed by atoms with van der Waals surface area (Å²) in [5, 5.41) is 50.3. The number of benzene rings is 1. The Balaban J connectivity index is 1.48. The maximum absolute atomic E-state index is 15.0. The number of hydrogen-bond donors (Lipinski definition) is 7.